The first-order chi connectivity index (χ1) is 12.8. The SMILES string of the molecule is CCNC(=NCC(C)(C)SC)NCC1CCN(Cc2nc(C)c(C)o2)CC1.I. The van der Waals surface area contributed by atoms with Crippen LogP contribution in [0.2, 0.25) is 0 Å². The molecule has 2 heterocycles. The molecule has 1 aliphatic rings. The van der Waals surface area contributed by atoms with Gasteiger partial charge in [-0.05, 0) is 72.7 Å². The predicted molar refractivity (Wildman–Crippen MR) is 131 cm³/mol. The topological polar surface area (TPSA) is 65.7 Å². The molecule has 1 aromatic heterocycles. The van der Waals surface area contributed by atoms with E-state index in [1.807, 2.05) is 25.6 Å². The summed E-state index contributed by atoms with van der Waals surface area (Å²) in [6, 6.07) is 0. The Balaban J connectivity index is 0.00000392. The van der Waals surface area contributed by atoms with Crippen LogP contribution >= 0.6 is 35.7 Å². The molecular formula is C20H38IN5OS. The zero-order valence-corrected chi connectivity index (χ0v) is 21.4. The molecule has 2 rings (SSSR count). The van der Waals surface area contributed by atoms with Gasteiger partial charge in [-0.3, -0.25) is 9.89 Å². The normalized spacial score (nSPS) is 16.7. The summed E-state index contributed by atoms with van der Waals surface area (Å²) >= 11 is 1.86. The van der Waals surface area contributed by atoms with Crippen LogP contribution in [0.4, 0.5) is 0 Å². The van der Waals surface area contributed by atoms with Gasteiger partial charge in [-0.1, -0.05) is 0 Å². The van der Waals surface area contributed by atoms with Crippen molar-refractivity contribution in [1.29, 1.82) is 0 Å². The Morgan fingerprint density at radius 2 is 1.96 bits per heavy atom. The lowest BCUT2D eigenvalue weighted by Crippen LogP contribution is -2.43. The van der Waals surface area contributed by atoms with E-state index >= 15 is 0 Å². The third kappa shape index (κ3) is 8.49. The first-order valence-electron chi connectivity index (χ1n) is 10.1. The molecule has 6 nitrogen and oxygen atoms in total. The van der Waals surface area contributed by atoms with E-state index in [0.717, 1.165) is 62.6 Å². The highest BCUT2D eigenvalue weighted by molar-refractivity contribution is 14.0. The largest absolute Gasteiger partial charge is 0.444 e. The highest BCUT2D eigenvalue weighted by Crippen LogP contribution is 2.21. The number of aryl methyl sites for hydroxylation is 2. The first-order valence-corrected chi connectivity index (χ1v) is 11.3. The number of oxazole rings is 1. The Bertz CT molecular complexity index is 592. The van der Waals surface area contributed by atoms with E-state index in [1.54, 1.807) is 0 Å². The molecule has 1 saturated heterocycles. The number of likely N-dealkylation sites (tertiary alicyclic amines) is 1. The number of guanidine groups is 1. The number of hydrogen-bond acceptors (Lipinski definition) is 5. The lowest BCUT2D eigenvalue weighted by Gasteiger charge is -2.31. The van der Waals surface area contributed by atoms with Crippen LogP contribution in [-0.2, 0) is 6.54 Å². The van der Waals surface area contributed by atoms with E-state index in [-0.39, 0.29) is 28.7 Å². The minimum atomic E-state index is 0. The molecule has 1 fully saturated rings. The van der Waals surface area contributed by atoms with Crippen molar-refractivity contribution >= 4 is 41.7 Å². The number of piperidine rings is 1. The Morgan fingerprint density at radius 3 is 2.50 bits per heavy atom. The number of aromatic nitrogens is 1. The second-order valence-electron chi connectivity index (χ2n) is 8.01. The van der Waals surface area contributed by atoms with Crippen molar-refractivity contribution in [3.05, 3.63) is 17.3 Å². The number of halogens is 1. The highest BCUT2D eigenvalue weighted by Gasteiger charge is 2.21. The average molecular weight is 524 g/mol. The number of nitrogens with one attached hydrogen (secondary N) is 2. The molecule has 0 amide bonds. The van der Waals surface area contributed by atoms with Gasteiger partial charge in [-0.2, -0.15) is 11.8 Å². The summed E-state index contributed by atoms with van der Waals surface area (Å²) in [5, 5.41) is 6.91. The summed E-state index contributed by atoms with van der Waals surface area (Å²) in [5.74, 6) is 3.41. The average Bonchev–Trinajstić information content (AvgIpc) is 2.96. The van der Waals surface area contributed by atoms with Crippen LogP contribution in [0.3, 0.4) is 0 Å². The fraction of sp³-hybridized carbons (Fsp3) is 0.800. The van der Waals surface area contributed by atoms with Gasteiger partial charge in [0.15, 0.2) is 5.96 Å². The molecule has 28 heavy (non-hydrogen) atoms. The van der Waals surface area contributed by atoms with Gasteiger partial charge in [0.25, 0.3) is 0 Å². The van der Waals surface area contributed by atoms with Crippen molar-refractivity contribution in [2.24, 2.45) is 10.9 Å². The van der Waals surface area contributed by atoms with Crippen molar-refractivity contribution in [3.63, 3.8) is 0 Å². The monoisotopic (exact) mass is 523 g/mol. The van der Waals surface area contributed by atoms with Crippen LogP contribution < -0.4 is 10.6 Å². The summed E-state index contributed by atoms with van der Waals surface area (Å²) in [7, 11) is 0. The molecule has 0 bridgehead atoms. The van der Waals surface area contributed by atoms with Gasteiger partial charge < -0.3 is 15.1 Å². The maximum absolute atomic E-state index is 5.72. The van der Waals surface area contributed by atoms with Gasteiger partial charge in [0.05, 0.1) is 18.8 Å². The van der Waals surface area contributed by atoms with Crippen LogP contribution in [0.25, 0.3) is 0 Å². The number of hydrogen-bond donors (Lipinski definition) is 2. The summed E-state index contributed by atoms with van der Waals surface area (Å²) in [6.07, 6.45) is 4.54. The Labute approximate surface area is 192 Å². The van der Waals surface area contributed by atoms with Crippen molar-refractivity contribution in [1.82, 2.24) is 20.5 Å². The lowest BCUT2D eigenvalue weighted by atomic mass is 9.97. The number of aliphatic imine (C=N–C) groups is 1. The minimum absolute atomic E-state index is 0. The third-order valence-electron chi connectivity index (χ3n) is 5.21. The van der Waals surface area contributed by atoms with E-state index in [1.165, 1.54) is 12.8 Å². The van der Waals surface area contributed by atoms with E-state index in [9.17, 15) is 0 Å². The van der Waals surface area contributed by atoms with Crippen LogP contribution in [0.5, 0.6) is 0 Å². The molecule has 0 aromatic carbocycles. The van der Waals surface area contributed by atoms with Crippen LogP contribution in [-0.4, -0.2) is 59.6 Å². The van der Waals surface area contributed by atoms with Crippen molar-refractivity contribution in [2.45, 2.75) is 58.8 Å². The molecular weight excluding hydrogens is 485 g/mol. The van der Waals surface area contributed by atoms with Gasteiger partial charge in [0.2, 0.25) is 5.89 Å². The highest BCUT2D eigenvalue weighted by atomic mass is 127. The van der Waals surface area contributed by atoms with Crippen molar-refractivity contribution < 1.29 is 4.42 Å². The second-order valence-corrected chi connectivity index (χ2v) is 9.52. The van der Waals surface area contributed by atoms with Gasteiger partial charge in [-0.15, -0.1) is 24.0 Å². The molecule has 2 N–H and O–H groups in total. The number of thioether (sulfide) groups is 1. The standard InChI is InChI=1S/C20H37N5OS.HI/c1-7-21-19(23-14-20(4,5)27-6)22-12-17-8-10-25(11-9-17)13-18-24-15(2)16(3)26-18;/h17H,7-14H2,1-6H3,(H2,21,22,23);1H. The maximum atomic E-state index is 5.72. The summed E-state index contributed by atoms with van der Waals surface area (Å²) in [5.41, 5.74) is 1.00. The van der Waals surface area contributed by atoms with Crippen LogP contribution in [0.1, 0.15) is 51.0 Å². The van der Waals surface area contributed by atoms with Gasteiger partial charge in [0, 0.05) is 17.8 Å². The first kappa shape index (κ1) is 25.6. The fourth-order valence-corrected chi connectivity index (χ4v) is 3.26. The molecule has 0 unspecified atom stereocenters. The molecule has 0 atom stereocenters. The predicted octanol–water partition coefficient (Wildman–Crippen LogP) is 3.82. The third-order valence-corrected chi connectivity index (χ3v) is 6.45. The summed E-state index contributed by atoms with van der Waals surface area (Å²) in [6.45, 7) is 16.3. The van der Waals surface area contributed by atoms with Gasteiger partial charge in [-0.25, -0.2) is 4.98 Å². The Morgan fingerprint density at radius 1 is 1.29 bits per heavy atom. The Hall–Kier alpha value is -0.480. The van der Waals surface area contributed by atoms with E-state index < -0.39 is 0 Å². The van der Waals surface area contributed by atoms with E-state index in [2.05, 4.69) is 47.5 Å². The van der Waals surface area contributed by atoms with Crippen LogP contribution in [0, 0.1) is 19.8 Å². The quantitative estimate of drug-likeness (QED) is 0.307. The maximum Gasteiger partial charge on any atom is 0.208 e. The molecule has 1 aromatic rings. The van der Waals surface area contributed by atoms with Crippen LogP contribution in [0.15, 0.2) is 9.41 Å². The van der Waals surface area contributed by atoms with E-state index in [4.69, 9.17) is 9.41 Å². The molecule has 8 heteroatoms. The molecule has 0 aliphatic carbocycles. The van der Waals surface area contributed by atoms with E-state index in [0.29, 0.717) is 5.92 Å². The fourth-order valence-electron chi connectivity index (χ4n) is 3.06. The zero-order valence-electron chi connectivity index (χ0n) is 18.3. The van der Waals surface area contributed by atoms with Gasteiger partial charge in [0.1, 0.15) is 5.76 Å². The molecule has 0 radical (unpaired) electrons. The molecule has 0 spiro atoms. The molecule has 1 aliphatic heterocycles. The van der Waals surface area contributed by atoms with Gasteiger partial charge >= 0.3 is 0 Å². The summed E-state index contributed by atoms with van der Waals surface area (Å²) < 4.78 is 5.89. The lowest BCUT2D eigenvalue weighted by molar-refractivity contribution is 0.164. The number of rotatable bonds is 8. The smallest absolute Gasteiger partial charge is 0.208 e. The zero-order chi connectivity index (χ0) is 19.9. The second kappa shape index (κ2) is 12.3. The van der Waals surface area contributed by atoms with Crippen molar-refractivity contribution in [2.75, 3.05) is 39.0 Å². The number of nitrogens with zero attached hydrogens (tertiary/aromatic N) is 3. The minimum Gasteiger partial charge on any atom is -0.444 e. The molecule has 162 valence electrons. The summed E-state index contributed by atoms with van der Waals surface area (Å²) in [4.78, 5) is 11.7. The Kier molecular flexibility index (Phi) is 11.2. The molecule has 0 saturated carbocycles. The van der Waals surface area contributed by atoms with Crippen molar-refractivity contribution in [3.8, 4) is 0 Å².